The Morgan fingerprint density at radius 2 is 2.00 bits per heavy atom. The lowest BCUT2D eigenvalue weighted by Gasteiger charge is -2.28. The summed E-state index contributed by atoms with van der Waals surface area (Å²) in [6.07, 6.45) is 6.71. The van der Waals surface area contributed by atoms with Gasteiger partial charge in [-0.1, -0.05) is 6.07 Å². The topological polar surface area (TPSA) is 67.1 Å². The number of nitrogens with one attached hydrogen (secondary N) is 2. The van der Waals surface area contributed by atoms with E-state index in [9.17, 15) is 4.79 Å². The summed E-state index contributed by atoms with van der Waals surface area (Å²) < 4.78 is 0. The summed E-state index contributed by atoms with van der Waals surface area (Å²) in [5, 5.41) is 6.54. The summed E-state index contributed by atoms with van der Waals surface area (Å²) in [4.78, 5) is 12.0. The third-order valence-electron chi connectivity index (χ3n) is 4.12. The van der Waals surface area contributed by atoms with E-state index in [1.807, 2.05) is 24.3 Å². The summed E-state index contributed by atoms with van der Waals surface area (Å²) in [5.74, 6) is 0.0384. The molecule has 0 spiro atoms. The maximum Gasteiger partial charge on any atom is 0.251 e. The second kappa shape index (κ2) is 5.83. The van der Waals surface area contributed by atoms with Crippen molar-refractivity contribution in [1.82, 2.24) is 5.32 Å². The zero-order valence-electron chi connectivity index (χ0n) is 11.8. The first-order chi connectivity index (χ1) is 9.70. The minimum Gasteiger partial charge on any atom is -0.382 e. The molecule has 0 bridgehead atoms. The molecule has 3 rings (SSSR count). The highest BCUT2D eigenvalue weighted by Gasteiger charge is 2.24. The van der Waals surface area contributed by atoms with Crippen molar-refractivity contribution >= 4 is 11.6 Å². The number of nitrogens with two attached hydrogens (primary N) is 1. The van der Waals surface area contributed by atoms with Gasteiger partial charge in [0, 0.05) is 29.4 Å². The van der Waals surface area contributed by atoms with Gasteiger partial charge in [0.15, 0.2) is 0 Å². The molecule has 0 heterocycles. The molecule has 108 valence electrons. The van der Waals surface area contributed by atoms with Gasteiger partial charge >= 0.3 is 0 Å². The van der Waals surface area contributed by atoms with Crippen LogP contribution in [0.1, 0.15) is 48.9 Å². The predicted molar refractivity (Wildman–Crippen MR) is 80.8 cm³/mol. The fraction of sp³-hybridized carbons (Fsp3) is 0.562. The Hall–Kier alpha value is -1.55. The van der Waals surface area contributed by atoms with Gasteiger partial charge in [-0.3, -0.25) is 4.79 Å². The molecule has 1 aromatic rings. The maximum atomic E-state index is 12.0. The predicted octanol–water partition coefficient (Wildman–Crippen LogP) is 2.26. The quantitative estimate of drug-likeness (QED) is 0.788. The standard InChI is InChI=1S/C16H23N3O/c17-12-4-2-6-15(10-12)18-14-5-1-3-11(9-14)16(20)19-13-7-8-13/h1,3,5,9,12-13,15,18H,2,4,6-8,10,17H2,(H,19,20). The monoisotopic (exact) mass is 273 g/mol. The van der Waals surface area contributed by atoms with Crippen LogP contribution in [0.25, 0.3) is 0 Å². The molecule has 20 heavy (non-hydrogen) atoms. The van der Waals surface area contributed by atoms with Crippen molar-refractivity contribution in [2.75, 3.05) is 5.32 Å². The van der Waals surface area contributed by atoms with Gasteiger partial charge in [-0.15, -0.1) is 0 Å². The molecule has 4 nitrogen and oxygen atoms in total. The van der Waals surface area contributed by atoms with Crippen LogP contribution in [0, 0.1) is 0 Å². The first-order valence-corrected chi connectivity index (χ1v) is 7.64. The zero-order chi connectivity index (χ0) is 13.9. The molecule has 2 atom stereocenters. The smallest absolute Gasteiger partial charge is 0.251 e. The summed E-state index contributed by atoms with van der Waals surface area (Å²) in [7, 11) is 0. The molecule has 2 aliphatic rings. The lowest BCUT2D eigenvalue weighted by molar-refractivity contribution is 0.0951. The molecule has 4 N–H and O–H groups in total. The van der Waals surface area contributed by atoms with Crippen LogP contribution in [0.3, 0.4) is 0 Å². The molecule has 2 unspecified atom stereocenters. The molecule has 1 aromatic carbocycles. The highest BCUT2D eigenvalue weighted by atomic mass is 16.1. The van der Waals surface area contributed by atoms with Crippen LogP contribution < -0.4 is 16.4 Å². The van der Waals surface area contributed by atoms with Crippen molar-refractivity contribution in [1.29, 1.82) is 0 Å². The minimum absolute atomic E-state index is 0.0384. The average Bonchev–Trinajstić information content (AvgIpc) is 3.23. The number of hydrogen-bond acceptors (Lipinski definition) is 3. The second-order valence-corrected chi connectivity index (χ2v) is 6.10. The number of rotatable bonds is 4. The van der Waals surface area contributed by atoms with Crippen molar-refractivity contribution in [2.24, 2.45) is 5.73 Å². The van der Waals surface area contributed by atoms with Crippen LogP contribution in [-0.2, 0) is 0 Å². The largest absolute Gasteiger partial charge is 0.382 e. The number of amides is 1. The van der Waals surface area contributed by atoms with Crippen molar-refractivity contribution < 1.29 is 4.79 Å². The Balaban J connectivity index is 1.62. The Labute approximate surface area is 120 Å². The zero-order valence-corrected chi connectivity index (χ0v) is 11.8. The molecule has 2 fully saturated rings. The van der Waals surface area contributed by atoms with Crippen molar-refractivity contribution in [3.8, 4) is 0 Å². The number of carbonyl (C=O) groups is 1. The lowest BCUT2D eigenvalue weighted by Crippen LogP contribution is -2.35. The van der Waals surface area contributed by atoms with Gasteiger partial charge in [0.1, 0.15) is 0 Å². The molecule has 1 amide bonds. The normalized spacial score (nSPS) is 26.1. The van der Waals surface area contributed by atoms with Gasteiger partial charge in [0.2, 0.25) is 0 Å². The molecule has 4 heteroatoms. The first kappa shape index (κ1) is 13.4. The molecule has 0 saturated heterocycles. The van der Waals surface area contributed by atoms with Crippen molar-refractivity contribution in [3.05, 3.63) is 29.8 Å². The number of hydrogen-bond donors (Lipinski definition) is 3. The Kier molecular flexibility index (Phi) is 3.92. The van der Waals surface area contributed by atoms with Crippen LogP contribution in [0.15, 0.2) is 24.3 Å². The van der Waals surface area contributed by atoms with E-state index < -0.39 is 0 Å². The summed E-state index contributed by atoms with van der Waals surface area (Å²) >= 11 is 0. The van der Waals surface area contributed by atoms with Crippen molar-refractivity contribution in [2.45, 2.75) is 56.7 Å². The summed E-state index contributed by atoms with van der Waals surface area (Å²) in [6, 6.07) is 8.91. The Bertz CT molecular complexity index is 484. The number of carbonyl (C=O) groups excluding carboxylic acids is 1. The Morgan fingerprint density at radius 3 is 2.75 bits per heavy atom. The number of benzene rings is 1. The minimum atomic E-state index is 0.0384. The van der Waals surface area contributed by atoms with Gasteiger partial charge in [-0.25, -0.2) is 0 Å². The maximum absolute atomic E-state index is 12.0. The fourth-order valence-corrected chi connectivity index (χ4v) is 2.84. The molecular weight excluding hydrogens is 250 g/mol. The van der Waals surface area contributed by atoms with Gasteiger partial charge in [0.25, 0.3) is 5.91 Å². The van der Waals surface area contributed by atoms with E-state index in [4.69, 9.17) is 5.73 Å². The van der Waals surface area contributed by atoms with Crippen LogP contribution in [0.5, 0.6) is 0 Å². The van der Waals surface area contributed by atoms with Gasteiger partial charge in [0.05, 0.1) is 0 Å². The van der Waals surface area contributed by atoms with Crippen LogP contribution in [0.4, 0.5) is 5.69 Å². The molecule has 2 aliphatic carbocycles. The van der Waals surface area contributed by atoms with E-state index in [1.165, 1.54) is 6.42 Å². The molecule has 2 saturated carbocycles. The highest BCUT2D eigenvalue weighted by Crippen LogP contribution is 2.23. The van der Waals surface area contributed by atoms with E-state index in [2.05, 4.69) is 10.6 Å². The van der Waals surface area contributed by atoms with Crippen LogP contribution in [-0.4, -0.2) is 24.0 Å². The van der Waals surface area contributed by atoms with Gasteiger partial charge < -0.3 is 16.4 Å². The van der Waals surface area contributed by atoms with E-state index in [-0.39, 0.29) is 5.91 Å². The average molecular weight is 273 g/mol. The van der Waals surface area contributed by atoms with Gasteiger partial charge in [-0.2, -0.15) is 0 Å². The number of anilines is 1. The van der Waals surface area contributed by atoms with Crippen LogP contribution in [0.2, 0.25) is 0 Å². The van der Waals surface area contributed by atoms with E-state index >= 15 is 0 Å². The van der Waals surface area contributed by atoms with E-state index in [0.717, 1.165) is 43.4 Å². The summed E-state index contributed by atoms with van der Waals surface area (Å²) in [6.45, 7) is 0. The van der Waals surface area contributed by atoms with E-state index in [0.29, 0.717) is 18.1 Å². The van der Waals surface area contributed by atoms with E-state index in [1.54, 1.807) is 0 Å². The van der Waals surface area contributed by atoms with Crippen LogP contribution >= 0.6 is 0 Å². The second-order valence-electron chi connectivity index (χ2n) is 6.10. The molecular formula is C16H23N3O. The first-order valence-electron chi connectivity index (χ1n) is 7.64. The highest BCUT2D eigenvalue weighted by molar-refractivity contribution is 5.95. The molecule has 0 radical (unpaired) electrons. The van der Waals surface area contributed by atoms with Gasteiger partial charge in [-0.05, 0) is 56.7 Å². The lowest BCUT2D eigenvalue weighted by atomic mass is 9.91. The third-order valence-corrected chi connectivity index (χ3v) is 4.12. The van der Waals surface area contributed by atoms with Crippen molar-refractivity contribution in [3.63, 3.8) is 0 Å². The fourth-order valence-electron chi connectivity index (χ4n) is 2.84. The summed E-state index contributed by atoms with van der Waals surface area (Å²) in [5.41, 5.74) is 7.77. The Morgan fingerprint density at radius 1 is 1.15 bits per heavy atom. The molecule has 0 aliphatic heterocycles. The SMILES string of the molecule is NC1CCCC(Nc2cccc(C(=O)NC3CC3)c2)C1. The third kappa shape index (κ3) is 3.51. The molecule has 0 aromatic heterocycles.